The Morgan fingerprint density at radius 2 is 1.77 bits per heavy atom. The zero-order valence-electron chi connectivity index (χ0n) is 17.6. The number of halogens is 1. The molecule has 3 aromatic rings. The van der Waals surface area contributed by atoms with Crippen molar-refractivity contribution in [1.82, 2.24) is 9.78 Å². The maximum atomic E-state index is 12.6. The molecular formula is C23H25ClN4O2. The van der Waals surface area contributed by atoms with Crippen molar-refractivity contribution >= 4 is 28.9 Å². The molecule has 1 heterocycles. The van der Waals surface area contributed by atoms with Crippen molar-refractivity contribution in [2.75, 3.05) is 23.8 Å². The Hall–Kier alpha value is -3.12. The first-order valence-electron chi connectivity index (χ1n) is 9.64. The predicted molar refractivity (Wildman–Crippen MR) is 122 cm³/mol. The summed E-state index contributed by atoms with van der Waals surface area (Å²) >= 11 is 6.32. The second-order valence-corrected chi connectivity index (χ2v) is 7.85. The topological polar surface area (TPSA) is 67.2 Å². The Balaban J connectivity index is 1.74. The summed E-state index contributed by atoms with van der Waals surface area (Å²) in [6, 6.07) is 13.6. The number of hydrogen-bond acceptors (Lipinski definition) is 4. The normalized spacial score (nSPS) is 10.7. The standard InChI is InChI=1S/C23H25ClN4O2/c1-15-10-16(2)22(17(3)11-15)26-20(29)14-27(4)19-12-25-28(23(30)21(19)24)13-18-8-6-5-7-9-18/h5-12H,13-14H2,1-4H3,(H,26,29). The minimum absolute atomic E-state index is 0.0380. The highest BCUT2D eigenvalue weighted by Gasteiger charge is 2.16. The molecule has 0 radical (unpaired) electrons. The van der Waals surface area contributed by atoms with Crippen molar-refractivity contribution in [3.05, 3.63) is 86.3 Å². The Bertz CT molecular complexity index is 1100. The van der Waals surface area contributed by atoms with Gasteiger partial charge < -0.3 is 10.2 Å². The van der Waals surface area contributed by atoms with Crippen LogP contribution in [0.1, 0.15) is 22.3 Å². The van der Waals surface area contributed by atoms with Crippen LogP contribution in [0.25, 0.3) is 0 Å². The van der Waals surface area contributed by atoms with Gasteiger partial charge in [0.15, 0.2) is 0 Å². The number of rotatable bonds is 6. The van der Waals surface area contributed by atoms with Gasteiger partial charge in [0, 0.05) is 12.7 Å². The second kappa shape index (κ2) is 9.13. The molecule has 1 amide bonds. The van der Waals surface area contributed by atoms with Gasteiger partial charge in [0.1, 0.15) is 5.02 Å². The van der Waals surface area contributed by atoms with Crippen LogP contribution in [0.2, 0.25) is 5.02 Å². The number of carbonyl (C=O) groups excluding carboxylic acids is 1. The molecule has 0 saturated carbocycles. The number of amides is 1. The molecule has 0 unspecified atom stereocenters. The molecule has 30 heavy (non-hydrogen) atoms. The van der Waals surface area contributed by atoms with Gasteiger partial charge in [-0.3, -0.25) is 9.59 Å². The van der Waals surface area contributed by atoms with Crippen molar-refractivity contribution < 1.29 is 4.79 Å². The van der Waals surface area contributed by atoms with Gasteiger partial charge in [-0.05, 0) is 37.5 Å². The maximum absolute atomic E-state index is 12.6. The second-order valence-electron chi connectivity index (χ2n) is 7.47. The van der Waals surface area contributed by atoms with Crippen molar-refractivity contribution in [2.24, 2.45) is 0 Å². The van der Waals surface area contributed by atoms with E-state index in [4.69, 9.17) is 11.6 Å². The van der Waals surface area contributed by atoms with Gasteiger partial charge in [0.25, 0.3) is 5.56 Å². The van der Waals surface area contributed by atoms with Crippen LogP contribution in [0.15, 0.2) is 53.5 Å². The summed E-state index contributed by atoms with van der Waals surface area (Å²) in [5.41, 5.74) is 4.94. The predicted octanol–water partition coefficient (Wildman–Crippen LogP) is 3.95. The lowest BCUT2D eigenvalue weighted by atomic mass is 10.1. The van der Waals surface area contributed by atoms with Crippen LogP contribution in [0.5, 0.6) is 0 Å². The van der Waals surface area contributed by atoms with Gasteiger partial charge in [-0.2, -0.15) is 5.10 Å². The van der Waals surface area contributed by atoms with Crippen molar-refractivity contribution in [2.45, 2.75) is 27.3 Å². The van der Waals surface area contributed by atoms with E-state index in [9.17, 15) is 9.59 Å². The van der Waals surface area contributed by atoms with Crippen LogP contribution >= 0.6 is 11.6 Å². The van der Waals surface area contributed by atoms with Crippen molar-refractivity contribution in [3.8, 4) is 0 Å². The minimum Gasteiger partial charge on any atom is -0.363 e. The van der Waals surface area contributed by atoms with Crippen LogP contribution in [-0.4, -0.2) is 29.3 Å². The molecule has 0 saturated heterocycles. The number of nitrogens with zero attached hydrogens (tertiary/aromatic N) is 3. The Morgan fingerprint density at radius 1 is 1.13 bits per heavy atom. The number of nitrogens with one attached hydrogen (secondary N) is 1. The third-order valence-electron chi connectivity index (χ3n) is 4.88. The van der Waals surface area contributed by atoms with E-state index in [-0.39, 0.29) is 17.5 Å². The fraction of sp³-hybridized carbons (Fsp3) is 0.261. The van der Waals surface area contributed by atoms with Gasteiger partial charge >= 0.3 is 0 Å². The van der Waals surface area contributed by atoms with E-state index in [1.54, 1.807) is 11.9 Å². The number of hydrogen-bond donors (Lipinski definition) is 1. The number of likely N-dealkylation sites (N-methyl/N-ethyl adjacent to an activating group) is 1. The molecule has 3 rings (SSSR count). The smallest absolute Gasteiger partial charge is 0.287 e. The van der Waals surface area contributed by atoms with Gasteiger partial charge in [-0.15, -0.1) is 0 Å². The van der Waals surface area contributed by atoms with E-state index >= 15 is 0 Å². The third-order valence-corrected chi connectivity index (χ3v) is 5.23. The Labute approximate surface area is 181 Å². The van der Waals surface area contributed by atoms with E-state index in [1.807, 2.05) is 63.2 Å². The summed E-state index contributed by atoms with van der Waals surface area (Å²) in [5.74, 6) is -0.197. The van der Waals surface area contributed by atoms with Gasteiger partial charge in [-0.25, -0.2) is 4.68 Å². The number of aromatic nitrogens is 2. The van der Waals surface area contributed by atoms with E-state index < -0.39 is 5.56 Å². The Morgan fingerprint density at radius 3 is 2.40 bits per heavy atom. The molecule has 0 bridgehead atoms. The van der Waals surface area contributed by atoms with E-state index in [0.29, 0.717) is 12.2 Å². The van der Waals surface area contributed by atoms with Gasteiger partial charge in [0.2, 0.25) is 5.91 Å². The average Bonchev–Trinajstić information content (AvgIpc) is 2.69. The van der Waals surface area contributed by atoms with E-state index in [0.717, 1.165) is 27.9 Å². The Kier molecular flexibility index (Phi) is 6.57. The SMILES string of the molecule is Cc1cc(C)c(NC(=O)CN(C)c2cnn(Cc3ccccc3)c(=O)c2Cl)c(C)c1. The molecule has 7 heteroatoms. The quantitative estimate of drug-likeness (QED) is 0.650. The summed E-state index contributed by atoms with van der Waals surface area (Å²) in [4.78, 5) is 26.9. The summed E-state index contributed by atoms with van der Waals surface area (Å²) in [6.07, 6.45) is 1.52. The van der Waals surface area contributed by atoms with Crippen LogP contribution in [0, 0.1) is 20.8 Å². The number of aryl methyl sites for hydroxylation is 3. The van der Waals surface area contributed by atoms with Crippen LogP contribution in [0.4, 0.5) is 11.4 Å². The van der Waals surface area contributed by atoms with Crippen molar-refractivity contribution in [3.63, 3.8) is 0 Å². The molecule has 0 spiro atoms. The average molecular weight is 425 g/mol. The molecule has 2 aromatic carbocycles. The van der Waals surface area contributed by atoms with Crippen LogP contribution < -0.4 is 15.8 Å². The lowest BCUT2D eigenvalue weighted by molar-refractivity contribution is -0.114. The number of carbonyl (C=O) groups is 1. The summed E-state index contributed by atoms with van der Waals surface area (Å²) < 4.78 is 1.31. The van der Waals surface area contributed by atoms with Crippen LogP contribution in [-0.2, 0) is 11.3 Å². The molecule has 6 nitrogen and oxygen atoms in total. The van der Waals surface area contributed by atoms with Gasteiger partial charge in [-0.1, -0.05) is 59.6 Å². The fourth-order valence-electron chi connectivity index (χ4n) is 3.45. The lowest BCUT2D eigenvalue weighted by Gasteiger charge is -2.21. The number of benzene rings is 2. The first-order chi connectivity index (χ1) is 14.3. The molecule has 0 aliphatic rings. The van der Waals surface area contributed by atoms with Crippen LogP contribution in [0.3, 0.4) is 0 Å². The number of anilines is 2. The van der Waals surface area contributed by atoms with Gasteiger partial charge in [0.05, 0.1) is 25.0 Å². The molecule has 0 aliphatic heterocycles. The highest BCUT2D eigenvalue weighted by Crippen LogP contribution is 2.23. The van der Waals surface area contributed by atoms with E-state index in [1.165, 1.54) is 10.9 Å². The summed E-state index contributed by atoms with van der Waals surface area (Å²) in [6.45, 7) is 6.32. The highest BCUT2D eigenvalue weighted by atomic mass is 35.5. The fourth-order valence-corrected chi connectivity index (χ4v) is 3.74. The highest BCUT2D eigenvalue weighted by molar-refractivity contribution is 6.33. The minimum atomic E-state index is -0.393. The summed E-state index contributed by atoms with van der Waals surface area (Å²) in [7, 11) is 1.71. The molecular weight excluding hydrogens is 400 g/mol. The maximum Gasteiger partial charge on any atom is 0.287 e. The molecule has 156 valence electrons. The first kappa shape index (κ1) is 21.6. The molecule has 0 fully saturated rings. The first-order valence-corrected chi connectivity index (χ1v) is 10.0. The molecule has 1 N–H and O–H groups in total. The zero-order valence-corrected chi connectivity index (χ0v) is 18.3. The largest absolute Gasteiger partial charge is 0.363 e. The monoisotopic (exact) mass is 424 g/mol. The summed E-state index contributed by atoms with van der Waals surface area (Å²) in [5, 5.41) is 7.23. The lowest BCUT2D eigenvalue weighted by Crippen LogP contribution is -2.33. The zero-order chi connectivity index (χ0) is 21.8. The third kappa shape index (κ3) is 4.89. The molecule has 0 atom stereocenters. The molecule has 0 aliphatic carbocycles. The van der Waals surface area contributed by atoms with E-state index in [2.05, 4.69) is 10.4 Å². The van der Waals surface area contributed by atoms with Crippen molar-refractivity contribution in [1.29, 1.82) is 0 Å². The molecule has 1 aromatic heterocycles.